The Hall–Kier alpha value is -1.55. The SMILES string of the molecule is CCCC1CC1NC(=O)Nc1ccc(C(C)N)cc1. The van der Waals surface area contributed by atoms with Gasteiger partial charge in [0.25, 0.3) is 0 Å². The van der Waals surface area contributed by atoms with E-state index in [1.807, 2.05) is 31.2 Å². The maximum absolute atomic E-state index is 11.8. The maximum atomic E-state index is 11.8. The van der Waals surface area contributed by atoms with E-state index in [9.17, 15) is 4.79 Å². The normalized spacial score (nSPS) is 22.7. The van der Waals surface area contributed by atoms with Gasteiger partial charge in [0.15, 0.2) is 0 Å². The van der Waals surface area contributed by atoms with Crippen LogP contribution in [0.15, 0.2) is 24.3 Å². The van der Waals surface area contributed by atoms with Crippen LogP contribution in [-0.4, -0.2) is 12.1 Å². The van der Waals surface area contributed by atoms with Crippen LogP contribution in [0.3, 0.4) is 0 Å². The Morgan fingerprint density at radius 2 is 2.11 bits per heavy atom. The molecular formula is C15H23N3O. The van der Waals surface area contributed by atoms with Gasteiger partial charge in [-0.3, -0.25) is 0 Å². The number of nitrogens with one attached hydrogen (secondary N) is 2. The number of benzene rings is 1. The Bertz CT molecular complexity index is 428. The summed E-state index contributed by atoms with van der Waals surface area (Å²) in [6.45, 7) is 4.12. The fraction of sp³-hybridized carbons (Fsp3) is 0.533. The van der Waals surface area contributed by atoms with Gasteiger partial charge in [-0.1, -0.05) is 25.5 Å². The molecule has 2 rings (SSSR count). The van der Waals surface area contributed by atoms with Crippen molar-refractivity contribution < 1.29 is 4.79 Å². The zero-order chi connectivity index (χ0) is 13.8. The molecule has 1 fully saturated rings. The van der Waals surface area contributed by atoms with Gasteiger partial charge in [0.05, 0.1) is 0 Å². The summed E-state index contributed by atoms with van der Waals surface area (Å²) in [4.78, 5) is 11.8. The molecule has 4 heteroatoms. The van der Waals surface area contributed by atoms with E-state index in [0.717, 1.165) is 17.7 Å². The van der Waals surface area contributed by atoms with E-state index in [0.29, 0.717) is 12.0 Å². The highest BCUT2D eigenvalue weighted by Crippen LogP contribution is 2.34. The van der Waals surface area contributed by atoms with Crippen molar-refractivity contribution in [2.75, 3.05) is 5.32 Å². The van der Waals surface area contributed by atoms with Crippen LogP contribution in [0.25, 0.3) is 0 Å². The molecule has 3 unspecified atom stereocenters. The zero-order valence-electron chi connectivity index (χ0n) is 11.6. The number of anilines is 1. The summed E-state index contributed by atoms with van der Waals surface area (Å²) >= 11 is 0. The zero-order valence-corrected chi connectivity index (χ0v) is 11.6. The molecule has 0 aromatic heterocycles. The van der Waals surface area contributed by atoms with Crippen LogP contribution in [0.2, 0.25) is 0 Å². The van der Waals surface area contributed by atoms with Gasteiger partial charge in [0.1, 0.15) is 0 Å². The van der Waals surface area contributed by atoms with Crippen molar-refractivity contribution in [3.8, 4) is 0 Å². The molecule has 0 saturated heterocycles. The number of carbonyl (C=O) groups is 1. The van der Waals surface area contributed by atoms with Gasteiger partial charge in [-0.2, -0.15) is 0 Å². The lowest BCUT2D eigenvalue weighted by Gasteiger charge is -2.09. The van der Waals surface area contributed by atoms with Crippen LogP contribution in [-0.2, 0) is 0 Å². The molecule has 0 aliphatic heterocycles. The monoisotopic (exact) mass is 261 g/mol. The lowest BCUT2D eigenvalue weighted by atomic mass is 10.1. The summed E-state index contributed by atoms with van der Waals surface area (Å²) in [5, 5.41) is 5.85. The second-order valence-corrected chi connectivity index (χ2v) is 5.40. The van der Waals surface area contributed by atoms with Gasteiger partial charge >= 0.3 is 6.03 Å². The van der Waals surface area contributed by atoms with Crippen LogP contribution >= 0.6 is 0 Å². The predicted molar refractivity (Wildman–Crippen MR) is 78.0 cm³/mol. The third-order valence-corrected chi connectivity index (χ3v) is 3.59. The number of rotatable bonds is 5. The minimum Gasteiger partial charge on any atom is -0.335 e. The molecule has 1 aromatic rings. The fourth-order valence-corrected chi connectivity index (χ4v) is 2.32. The maximum Gasteiger partial charge on any atom is 0.319 e. The summed E-state index contributed by atoms with van der Waals surface area (Å²) in [5.41, 5.74) is 7.65. The molecule has 1 aliphatic carbocycles. The number of nitrogens with two attached hydrogens (primary N) is 1. The van der Waals surface area contributed by atoms with Crippen molar-refractivity contribution in [2.45, 2.75) is 45.2 Å². The number of hydrogen-bond acceptors (Lipinski definition) is 2. The smallest absolute Gasteiger partial charge is 0.319 e. The molecule has 1 saturated carbocycles. The van der Waals surface area contributed by atoms with Crippen LogP contribution < -0.4 is 16.4 Å². The molecule has 0 spiro atoms. The second kappa shape index (κ2) is 6.06. The first-order chi connectivity index (χ1) is 9.10. The first-order valence-corrected chi connectivity index (χ1v) is 7.03. The van der Waals surface area contributed by atoms with Crippen molar-refractivity contribution in [3.05, 3.63) is 29.8 Å². The number of hydrogen-bond donors (Lipinski definition) is 3. The average molecular weight is 261 g/mol. The molecule has 1 aliphatic rings. The van der Waals surface area contributed by atoms with Crippen LogP contribution in [0.4, 0.5) is 10.5 Å². The Morgan fingerprint density at radius 3 is 2.68 bits per heavy atom. The first kappa shape index (κ1) is 13.9. The highest BCUT2D eigenvalue weighted by atomic mass is 16.2. The van der Waals surface area contributed by atoms with Crippen molar-refractivity contribution in [1.82, 2.24) is 5.32 Å². The van der Waals surface area contributed by atoms with E-state index >= 15 is 0 Å². The molecule has 0 radical (unpaired) electrons. The number of urea groups is 1. The van der Waals surface area contributed by atoms with Gasteiger partial charge in [0, 0.05) is 17.8 Å². The highest BCUT2D eigenvalue weighted by molar-refractivity contribution is 5.89. The molecule has 19 heavy (non-hydrogen) atoms. The third-order valence-electron chi connectivity index (χ3n) is 3.59. The van der Waals surface area contributed by atoms with E-state index in [1.54, 1.807) is 0 Å². The van der Waals surface area contributed by atoms with Gasteiger partial charge in [0.2, 0.25) is 0 Å². The average Bonchev–Trinajstić information content (AvgIpc) is 3.08. The predicted octanol–water partition coefficient (Wildman–Crippen LogP) is 3.02. The molecule has 0 bridgehead atoms. The largest absolute Gasteiger partial charge is 0.335 e. The van der Waals surface area contributed by atoms with Crippen LogP contribution in [0, 0.1) is 5.92 Å². The Kier molecular flexibility index (Phi) is 4.43. The minimum absolute atomic E-state index is 0.0177. The van der Waals surface area contributed by atoms with Crippen LogP contribution in [0.5, 0.6) is 0 Å². The van der Waals surface area contributed by atoms with Crippen molar-refractivity contribution >= 4 is 11.7 Å². The van der Waals surface area contributed by atoms with Gasteiger partial charge in [-0.15, -0.1) is 0 Å². The van der Waals surface area contributed by atoms with E-state index in [-0.39, 0.29) is 12.1 Å². The van der Waals surface area contributed by atoms with Gasteiger partial charge < -0.3 is 16.4 Å². The Balaban J connectivity index is 1.79. The van der Waals surface area contributed by atoms with E-state index in [1.165, 1.54) is 12.8 Å². The van der Waals surface area contributed by atoms with E-state index in [4.69, 9.17) is 5.73 Å². The Labute approximate surface area is 114 Å². The molecule has 0 heterocycles. The van der Waals surface area contributed by atoms with Gasteiger partial charge in [-0.05, 0) is 43.4 Å². The fourth-order valence-electron chi connectivity index (χ4n) is 2.32. The molecule has 4 nitrogen and oxygen atoms in total. The molecule has 4 N–H and O–H groups in total. The third kappa shape index (κ3) is 3.96. The standard InChI is InChI=1S/C15H23N3O/c1-3-4-12-9-14(12)18-15(19)17-13-7-5-11(6-8-13)10(2)16/h5-8,10,12,14H,3-4,9,16H2,1-2H3,(H2,17,18,19). The second-order valence-electron chi connectivity index (χ2n) is 5.40. The van der Waals surface area contributed by atoms with Gasteiger partial charge in [-0.25, -0.2) is 4.79 Å². The lowest BCUT2D eigenvalue weighted by Crippen LogP contribution is -2.31. The molecule has 2 amide bonds. The quantitative estimate of drug-likeness (QED) is 0.762. The van der Waals surface area contributed by atoms with Crippen LogP contribution in [0.1, 0.15) is 44.7 Å². The lowest BCUT2D eigenvalue weighted by molar-refractivity contribution is 0.251. The number of amides is 2. The summed E-state index contributed by atoms with van der Waals surface area (Å²) in [6, 6.07) is 7.92. The molecular weight excluding hydrogens is 238 g/mol. The number of carbonyl (C=O) groups excluding carboxylic acids is 1. The summed E-state index contributed by atoms with van der Waals surface area (Å²) in [6.07, 6.45) is 3.50. The summed E-state index contributed by atoms with van der Waals surface area (Å²) in [7, 11) is 0. The summed E-state index contributed by atoms with van der Waals surface area (Å²) < 4.78 is 0. The van der Waals surface area contributed by atoms with Crippen molar-refractivity contribution in [3.63, 3.8) is 0 Å². The highest BCUT2D eigenvalue weighted by Gasteiger charge is 2.37. The first-order valence-electron chi connectivity index (χ1n) is 7.03. The topological polar surface area (TPSA) is 67.2 Å². The van der Waals surface area contributed by atoms with Crippen molar-refractivity contribution in [2.24, 2.45) is 11.7 Å². The van der Waals surface area contributed by atoms with Crippen molar-refractivity contribution in [1.29, 1.82) is 0 Å². The molecule has 104 valence electrons. The molecule has 1 aromatic carbocycles. The molecule has 3 atom stereocenters. The van der Waals surface area contributed by atoms with E-state index in [2.05, 4.69) is 17.6 Å². The summed E-state index contributed by atoms with van der Waals surface area (Å²) in [5.74, 6) is 0.677. The minimum atomic E-state index is -0.114. The Morgan fingerprint density at radius 1 is 1.42 bits per heavy atom. The van der Waals surface area contributed by atoms with E-state index < -0.39 is 0 Å².